The fourth-order valence-electron chi connectivity index (χ4n) is 2.05. The lowest BCUT2D eigenvalue weighted by molar-refractivity contribution is 0.668. The maximum Gasteiger partial charge on any atom is 0.101 e. The summed E-state index contributed by atoms with van der Waals surface area (Å²) in [7, 11) is 0. The molecule has 3 heteroatoms. The van der Waals surface area contributed by atoms with Gasteiger partial charge in [0.25, 0.3) is 0 Å². The molecule has 0 aliphatic rings. The van der Waals surface area contributed by atoms with E-state index in [1.54, 1.807) is 22.7 Å². The van der Waals surface area contributed by atoms with Gasteiger partial charge < -0.3 is 0 Å². The van der Waals surface area contributed by atoms with Gasteiger partial charge in [0.15, 0.2) is 0 Å². The number of unbranched alkanes of at least 4 members (excludes halogenated alkanes) is 3. The largest absolute Gasteiger partial charge is 0.192 e. The molecule has 0 atom stereocenters. The van der Waals surface area contributed by atoms with E-state index in [4.69, 9.17) is 5.26 Å². The van der Waals surface area contributed by atoms with Crippen molar-refractivity contribution in [3.05, 3.63) is 34.0 Å². The molecule has 0 saturated carbocycles. The Morgan fingerprint density at radius 1 is 1.06 bits per heavy atom. The van der Waals surface area contributed by atoms with Gasteiger partial charge in [0.1, 0.15) is 6.07 Å². The molecular weight excluding hydrogens is 258 g/mol. The second-order valence-electron chi connectivity index (χ2n) is 4.36. The van der Waals surface area contributed by atoms with Crippen molar-refractivity contribution in [3.63, 3.8) is 0 Å². The highest BCUT2D eigenvalue weighted by atomic mass is 32.1. The molecule has 0 fully saturated rings. The Labute approximate surface area is 117 Å². The van der Waals surface area contributed by atoms with Crippen LogP contribution in [-0.2, 0) is 6.42 Å². The Balaban J connectivity index is 2.11. The van der Waals surface area contributed by atoms with Gasteiger partial charge in [-0.05, 0) is 41.3 Å². The molecule has 2 rings (SSSR count). The van der Waals surface area contributed by atoms with Crippen LogP contribution in [0.4, 0.5) is 0 Å². The lowest BCUT2D eigenvalue weighted by Gasteiger charge is -2.02. The average Bonchev–Trinajstić information content (AvgIpc) is 3.02. The number of thiophene rings is 2. The maximum absolute atomic E-state index is 9.10. The zero-order valence-corrected chi connectivity index (χ0v) is 12.2. The van der Waals surface area contributed by atoms with E-state index in [0.29, 0.717) is 0 Å². The molecule has 0 aliphatic carbocycles. The number of hydrogen-bond donors (Lipinski definition) is 0. The molecule has 2 heterocycles. The van der Waals surface area contributed by atoms with Gasteiger partial charge in [0.05, 0.1) is 10.4 Å². The van der Waals surface area contributed by atoms with Gasteiger partial charge in [-0.15, -0.1) is 22.7 Å². The predicted octanol–water partition coefficient (Wildman–Crippen LogP) is 5.47. The first-order valence-electron chi connectivity index (χ1n) is 6.41. The first kappa shape index (κ1) is 13.3. The van der Waals surface area contributed by atoms with E-state index >= 15 is 0 Å². The van der Waals surface area contributed by atoms with Crippen LogP contribution in [0, 0.1) is 11.3 Å². The fourth-order valence-corrected chi connectivity index (χ4v) is 4.06. The minimum absolute atomic E-state index is 0.817. The second kappa shape index (κ2) is 6.72. The maximum atomic E-state index is 9.10. The van der Waals surface area contributed by atoms with Crippen LogP contribution in [0.3, 0.4) is 0 Å². The van der Waals surface area contributed by atoms with E-state index in [-0.39, 0.29) is 0 Å². The second-order valence-corrected chi connectivity index (χ2v) is 6.19. The van der Waals surface area contributed by atoms with Gasteiger partial charge in [-0.2, -0.15) is 5.26 Å². The molecular formula is C15H17NS2. The smallest absolute Gasteiger partial charge is 0.101 e. The van der Waals surface area contributed by atoms with E-state index in [9.17, 15) is 0 Å². The van der Waals surface area contributed by atoms with Crippen LogP contribution in [0.15, 0.2) is 22.9 Å². The first-order valence-corrected chi connectivity index (χ1v) is 8.17. The normalized spacial score (nSPS) is 10.4. The SMILES string of the molecule is CCCCCCc1ccsc1-c1sccc1C#N. The molecule has 0 aromatic carbocycles. The Morgan fingerprint density at radius 3 is 2.61 bits per heavy atom. The van der Waals surface area contributed by atoms with E-state index in [0.717, 1.165) is 16.9 Å². The van der Waals surface area contributed by atoms with E-state index in [1.807, 2.05) is 11.4 Å². The number of nitrogens with zero attached hydrogens (tertiary/aromatic N) is 1. The van der Waals surface area contributed by atoms with Crippen molar-refractivity contribution in [1.29, 1.82) is 5.26 Å². The summed E-state index contributed by atoms with van der Waals surface area (Å²) in [6.07, 6.45) is 6.30. The standard InChI is InChI=1S/C15H17NS2/c1-2-3-4-5-6-12-7-9-17-14(12)15-13(11-16)8-10-18-15/h7-10H,2-6H2,1H3. The van der Waals surface area contributed by atoms with Crippen molar-refractivity contribution in [2.45, 2.75) is 39.0 Å². The van der Waals surface area contributed by atoms with Crippen molar-refractivity contribution in [2.75, 3.05) is 0 Å². The molecule has 18 heavy (non-hydrogen) atoms. The molecule has 2 aromatic heterocycles. The zero-order valence-electron chi connectivity index (χ0n) is 10.6. The van der Waals surface area contributed by atoms with Crippen LogP contribution in [0.5, 0.6) is 0 Å². The summed E-state index contributed by atoms with van der Waals surface area (Å²) in [5.74, 6) is 0. The third-order valence-electron chi connectivity index (χ3n) is 3.04. The lowest BCUT2D eigenvalue weighted by atomic mass is 10.1. The molecule has 0 radical (unpaired) electrons. The monoisotopic (exact) mass is 275 g/mol. The van der Waals surface area contributed by atoms with Crippen LogP contribution in [0.25, 0.3) is 9.75 Å². The minimum Gasteiger partial charge on any atom is -0.192 e. The Kier molecular flexibility index (Phi) is 4.98. The number of hydrogen-bond acceptors (Lipinski definition) is 3. The van der Waals surface area contributed by atoms with Gasteiger partial charge in [0.2, 0.25) is 0 Å². The van der Waals surface area contributed by atoms with Gasteiger partial charge >= 0.3 is 0 Å². The molecule has 1 nitrogen and oxygen atoms in total. The molecule has 0 N–H and O–H groups in total. The van der Waals surface area contributed by atoms with Gasteiger partial charge in [-0.1, -0.05) is 26.2 Å². The van der Waals surface area contributed by atoms with Crippen molar-refractivity contribution < 1.29 is 0 Å². The molecule has 0 unspecified atom stereocenters. The van der Waals surface area contributed by atoms with Crippen molar-refractivity contribution in [1.82, 2.24) is 0 Å². The average molecular weight is 275 g/mol. The van der Waals surface area contributed by atoms with Crippen LogP contribution in [0.2, 0.25) is 0 Å². The molecule has 0 saturated heterocycles. The summed E-state index contributed by atoms with van der Waals surface area (Å²) in [6.45, 7) is 2.24. The highest BCUT2D eigenvalue weighted by molar-refractivity contribution is 7.20. The van der Waals surface area contributed by atoms with E-state index < -0.39 is 0 Å². The quantitative estimate of drug-likeness (QED) is 0.641. The van der Waals surface area contributed by atoms with Crippen molar-refractivity contribution >= 4 is 22.7 Å². The fraction of sp³-hybridized carbons (Fsp3) is 0.400. The third-order valence-corrected chi connectivity index (χ3v) is 5.07. The van der Waals surface area contributed by atoms with Crippen molar-refractivity contribution in [2.24, 2.45) is 0 Å². The molecule has 0 bridgehead atoms. The third kappa shape index (κ3) is 3.01. The summed E-state index contributed by atoms with van der Waals surface area (Å²) in [5, 5.41) is 13.3. The summed E-state index contributed by atoms with van der Waals surface area (Å²) in [5.41, 5.74) is 2.23. The Hall–Kier alpha value is -1.11. The molecule has 0 amide bonds. The summed E-state index contributed by atoms with van der Waals surface area (Å²) in [6, 6.07) is 6.42. The first-order chi connectivity index (χ1) is 8.86. The molecule has 2 aromatic rings. The van der Waals surface area contributed by atoms with Gasteiger partial charge in [-0.3, -0.25) is 0 Å². The highest BCUT2D eigenvalue weighted by Gasteiger charge is 2.12. The number of rotatable bonds is 6. The van der Waals surface area contributed by atoms with E-state index in [2.05, 4.69) is 24.4 Å². The van der Waals surface area contributed by atoms with Crippen LogP contribution in [0.1, 0.15) is 43.7 Å². The Morgan fingerprint density at radius 2 is 1.83 bits per heavy atom. The van der Waals surface area contributed by atoms with Gasteiger partial charge in [0, 0.05) is 4.88 Å². The van der Waals surface area contributed by atoms with E-state index in [1.165, 1.54) is 36.1 Å². The van der Waals surface area contributed by atoms with Crippen LogP contribution in [-0.4, -0.2) is 0 Å². The Bertz CT molecular complexity index is 531. The van der Waals surface area contributed by atoms with Gasteiger partial charge in [-0.25, -0.2) is 0 Å². The van der Waals surface area contributed by atoms with Crippen LogP contribution < -0.4 is 0 Å². The predicted molar refractivity (Wildman–Crippen MR) is 80.2 cm³/mol. The van der Waals surface area contributed by atoms with Crippen molar-refractivity contribution in [3.8, 4) is 15.8 Å². The molecule has 0 aliphatic heterocycles. The van der Waals surface area contributed by atoms with Crippen LogP contribution >= 0.6 is 22.7 Å². The summed E-state index contributed by atoms with van der Waals surface area (Å²) >= 11 is 3.44. The molecule has 0 spiro atoms. The lowest BCUT2D eigenvalue weighted by Crippen LogP contribution is -1.86. The highest BCUT2D eigenvalue weighted by Crippen LogP contribution is 2.36. The topological polar surface area (TPSA) is 23.8 Å². The number of nitriles is 1. The summed E-state index contributed by atoms with van der Waals surface area (Å²) < 4.78 is 0. The molecule has 94 valence electrons. The summed E-state index contributed by atoms with van der Waals surface area (Å²) in [4.78, 5) is 2.45. The minimum atomic E-state index is 0.817. The number of aryl methyl sites for hydroxylation is 1. The zero-order chi connectivity index (χ0) is 12.8.